The van der Waals surface area contributed by atoms with Crippen molar-refractivity contribution < 1.29 is 33.4 Å². The summed E-state index contributed by atoms with van der Waals surface area (Å²) in [5.74, 6) is -1.21. The van der Waals surface area contributed by atoms with Gasteiger partial charge in [-0.1, -0.05) is 0 Å². The summed E-state index contributed by atoms with van der Waals surface area (Å²) in [5, 5.41) is 0. The number of hydrogen-bond donors (Lipinski definition) is 2. The first-order chi connectivity index (χ1) is 19.4. The van der Waals surface area contributed by atoms with Gasteiger partial charge >= 0.3 is 12.1 Å². The highest BCUT2D eigenvalue weighted by molar-refractivity contribution is 6.11. The number of likely N-dealkylation sites (tertiary alicyclic amines) is 2. The third-order valence-electron chi connectivity index (χ3n) is 9.63. The fraction of sp³-hybridized carbons (Fsp3) is 0.433. The highest BCUT2D eigenvalue weighted by atomic mass is 16.6. The molecule has 0 bridgehead atoms. The Morgan fingerprint density at radius 3 is 1.93 bits per heavy atom. The van der Waals surface area contributed by atoms with Gasteiger partial charge in [-0.25, -0.2) is 9.59 Å². The molecule has 4 heterocycles. The number of methoxy groups -OCH3 is 1. The van der Waals surface area contributed by atoms with Crippen molar-refractivity contribution in [1.29, 1.82) is 0 Å². The molecule has 2 aliphatic heterocycles. The number of carbonyl (C=O) groups is 5. The number of hydrogen-bond acceptors (Lipinski definition) is 7. The molecular weight excluding hydrogens is 528 g/mol. The molecule has 2 amide bonds. The fourth-order valence-electron chi connectivity index (χ4n) is 7.75. The Morgan fingerprint density at radius 2 is 1.37 bits per heavy atom. The number of rotatable bonds is 2. The van der Waals surface area contributed by atoms with E-state index in [0.29, 0.717) is 35.9 Å². The molecule has 0 unspecified atom stereocenters. The first kappa shape index (κ1) is 24.4. The third kappa shape index (κ3) is 2.95. The minimum absolute atomic E-state index is 0.119. The van der Waals surface area contributed by atoms with Crippen LogP contribution in [0.2, 0.25) is 0 Å². The topological polar surface area (TPSA) is 142 Å². The lowest BCUT2D eigenvalue weighted by Gasteiger charge is -2.30. The van der Waals surface area contributed by atoms with Crippen molar-refractivity contribution in [3.8, 4) is 0 Å². The van der Waals surface area contributed by atoms with E-state index in [1.165, 1.54) is 19.3 Å². The molecule has 11 heteroatoms. The van der Waals surface area contributed by atoms with Gasteiger partial charge in [0.05, 0.1) is 18.5 Å². The minimum atomic E-state index is -0.667. The van der Waals surface area contributed by atoms with Gasteiger partial charge in [-0.05, 0) is 68.7 Å². The van der Waals surface area contributed by atoms with Gasteiger partial charge in [0.15, 0.2) is 0 Å². The second-order valence-corrected chi connectivity index (χ2v) is 13.0. The molecule has 11 nitrogen and oxygen atoms in total. The Kier molecular flexibility index (Phi) is 4.32. The summed E-state index contributed by atoms with van der Waals surface area (Å²) in [6, 6.07) is 3.42. The lowest BCUT2D eigenvalue weighted by atomic mass is 9.85. The summed E-state index contributed by atoms with van der Waals surface area (Å²) >= 11 is 0. The van der Waals surface area contributed by atoms with Gasteiger partial charge in [-0.15, -0.1) is 0 Å². The Morgan fingerprint density at radius 1 is 0.854 bits per heavy atom. The molecule has 0 aromatic carbocycles. The van der Waals surface area contributed by atoms with Gasteiger partial charge in [0.25, 0.3) is 5.91 Å². The van der Waals surface area contributed by atoms with Crippen LogP contribution in [-0.4, -0.2) is 75.1 Å². The molecule has 41 heavy (non-hydrogen) atoms. The summed E-state index contributed by atoms with van der Waals surface area (Å²) in [6.45, 7) is 6.29. The highest BCUT2D eigenvalue weighted by Gasteiger charge is 2.69. The van der Waals surface area contributed by atoms with Crippen LogP contribution in [0.25, 0.3) is 0 Å². The van der Waals surface area contributed by atoms with Gasteiger partial charge in [-0.2, -0.15) is 0 Å². The van der Waals surface area contributed by atoms with Gasteiger partial charge in [-0.3, -0.25) is 19.3 Å². The van der Waals surface area contributed by atoms with Gasteiger partial charge < -0.3 is 24.3 Å². The van der Waals surface area contributed by atoms with Crippen molar-refractivity contribution in [2.45, 2.75) is 50.0 Å². The summed E-state index contributed by atoms with van der Waals surface area (Å²) in [7, 11) is 1.28. The molecule has 8 rings (SSSR count). The molecule has 2 N–H and O–H groups in total. The van der Waals surface area contributed by atoms with Crippen molar-refractivity contribution in [2.75, 3.05) is 20.2 Å². The Bertz CT molecular complexity index is 1730. The Hall–Kier alpha value is -4.41. The van der Waals surface area contributed by atoms with Crippen molar-refractivity contribution >= 4 is 29.5 Å². The molecule has 2 saturated carbocycles. The van der Waals surface area contributed by atoms with E-state index in [1.54, 1.807) is 42.7 Å². The second kappa shape index (κ2) is 7.26. The van der Waals surface area contributed by atoms with E-state index >= 15 is 0 Å². The van der Waals surface area contributed by atoms with Crippen molar-refractivity contribution in [3.63, 3.8) is 0 Å². The predicted molar refractivity (Wildman–Crippen MR) is 141 cm³/mol. The Labute approximate surface area is 234 Å². The molecule has 2 saturated heterocycles. The minimum Gasteiger partial charge on any atom is -0.464 e. The zero-order chi connectivity index (χ0) is 28.8. The number of carbonyl (C=O) groups excluding carboxylic acids is 5. The van der Waals surface area contributed by atoms with E-state index in [2.05, 4.69) is 9.97 Å². The molecule has 0 radical (unpaired) electrons. The maximum absolute atomic E-state index is 14.0. The summed E-state index contributed by atoms with van der Waals surface area (Å²) in [4.78, 5) is 74.5. The Balaban J connectivity index is 1.11. The molecule has 2 aromatic heterocycles. The largest absolute Gasteiger partial charge is 0.464 e. The number of allylic oxidation sites excluding steroid dienone is 4. The number of ether oxygens (including phenoxy) is 2. The van der Waals surface area contributed by atoms with E-state index < -0.39 is 28.5 Å². The fourth-order valence-corrected chi connectivity index (χ4v) is 7.75. The number of ketones is 2. The molecular formula is C30H28N4O7. The van der Waals surface area contributed by atoms with Crippen LogP contribution in [-0.2, 0) is 20.3 Å². The van der Waals surface area contributed by atoms with Crippen LogP contribution in [0.3, 0.4) is 0 Å². The number of nitrogens with one attached hydrogen (secondary N) is 2. The zero-order valence-electron chi connectivity index (χ0n) is 23.0. The number of nitrogens with zero attached hydrogens (tertiary/aromatic N) is 2. The molecule has 2 aromatic rings. The van der Waals surface area contributed by atoms with Crippen molar-refractivity contribution in [1.82, 2.24) is 19.8 Å². The molecule has 2 spiro atoms. The van der Waals surface area contributed by atoms with E-state index in [4.69, 9.17) is 9.47 Å². The SMILES string of the molecule is COC(=O)c1cc2c([nH]1)C(=O)C=C1N(C(=O)c3cc4c([nH]3)C(=O)C=C3N(C(=O)OC(C)(C)C)C[C@@H]5C[C@@]345)C[C@@H]3C[C@@]123. The summed E-state index contributed by atoms with van der Waals surface area (Å²) < 4.78 is 10.4. The lowest BCUT2D eigenvalue weighted by molar-refractivity contribution is 0.0321. The van der Waals surface area contributed by atoms with Crippen LogP contribution in [0.5, 0.6) is 0 Å². The number of amides is 2. The average Bonchev–Trinajstić information content (AvgIpc) is 3.45. The molecule has 6 aliphatic rings. The van der Waals surface area contributed by atoms with E-state index in [-0.39, 0.29) is 40.7 Å². The zero-order valence-corrected chi connectivity index (χ0v) is 23.0. The number of aromatic nitrogens is 2. The van der Waals surface area contributed by atoms with Crippen LogP contribution >= 0.6 is 0 Å². The number of piperidine rings is 2. The normalized spacial score (nSPS) is 29.9. The molecule has 210 valence electrons. The summed E-state index contributed by atoms with van der Waals surface area (Å²) in [5.41, 5.74) is 2.27. The quantitative estimate of drug-likeness (QED) is 0.541. The summed E-state index contributed by atoms with van der Waals surface area (Å²) in [6.07, 6.45) is 4.08. The van der Waals surface area contributed by atoms with E-state index in [0.717, 1.165) is 24.0 Å². The number of aromatic amines is 2. The number of esters is 1. The van der Waals surface area contributed by atoms with Crippen molar-refractivity contribution in [3.05, 3.63) is 69.6 Å². The van der Waals surface area contributed by atoms with Gasteiger partial charge in [0.2, 0.25) is 11.6 Å². The van der Waals surface area contributed by atoms with Gasteiger partial charge in [0.1, 0.15) is 17.0 Å². The van der Waals surface area contributed by atoms with Crippen LogP contribution in [0, 0.1) is 11.8 Å². The lowest BCUT2D eigenvalue weighted by Crippen LogP contribution is -2.37. The van der Waals surface area contributed by atoms with Crippen LogP contribution in [0.4, 0.5) is 4.79 Å². The molecule has 4 aliphatic carbocycles. The first-order valence-electron chi connectivity index (χ1n) is 13.8. The predicted octanol–water partition coefficient (Wildman–Crippen LogP) is 3.21. The molecule has 4 fully saturated rings. The maximum Gasteiger partial charge on any atom is 0.414 e. The number of fused-ring (bicyclic) bond motifs is 2. The van der Waals surface area contributed by atoms with Crippen LogP contribution in [0.1, 0.15) is 86.7 Å². The third-order valence-corrected chi connectivity index (χ3v) is 9.63. The first-order valence-corrected chi connectivity index (χ1v) is 13.8. The molecule has 4 atom stereocenters. The standard InChI is InChI=1S/C30H28N4O7/c1-28(2,3)41-27(39)34-12-14-10-30(14)15-5-17(31-23(15)20(36)8-22(30)34)25(37)33-11-13-9-29(13)16-6-18(26(38)40-4)32-24(16)19(35)7-21(29)33/h5-8,13-14,31-32H,9-12H2,1-4H3/t13-,14-,29-,30-/m0/s1. The van der Waals surface area contributed by atoms with E-state index in [9.17, 15) is 24.0 Å². The highest BCUT2D eigenvalue weighted by Crippen LogP contribution is 2.68. The average molecular weight is 557 g/mol. The van der Waals surface area contributed by atoms with Crippen molar-refractivity contribution in [2.24, 2.45) is 11.8 Å². The smallest absolute Gasteiger partial charge is 0.414 e. The number of H-pyrrole nitrogens is 2. The monoisotopic (exact) mass is 556 g/mol. The van der Waals surface area contributed by atoms with Crippen LogP contribution < -0.4 is 0 Å². The van der Waals surface area contributed by atoms with E-state index in [1.807, 2.05) is 0 Å². The second-order valence-electron chi connectivity index (χ2n) is 13.0. The van der Waals surface area contributed by atoms with Gasteiger partial charge in [0, 0.05) is 47.5 Å². The maximum atomic E-state index is 14.0. The van der Waals surface area contributed by atoms with Crippen LogP contribution in [0.15, 0.2) is 35.7 Å².